The molecule has 1 unspecified atom stereocenters. The lowest BCUT2D eigenvalue weighted by Gasteiger charge is -2.10. The van der Waals surface area contributed by atoms with Gasteiger partial charge in [-0.15, -0.1) is 0 Å². The molecular weight excluding hydrogens is 256 g/mol. The second-order valence-corrected chi connectivity index (χ2v) is 4.55. The largest absolute Gasteiger partial charge is 0.309 e. The molecule has 1 aliphatic heterocycles. The second kappa shape index (κ2) is 3.57. The van der Waals surface area contributed by atoms with E-state index in [0.717, 1.165) is 28.9 Å². The Morgan fingerprint density at radius 3 is 3.20 bits per heavy atom. The molecule has 4 nitrogen and oxygen atoms in total. The lowest BCUT2D eigenvalue weighted by atomic mass is 10.1. The molecule has 0 radical (unpaired) electrons. The highest BCUT2D eigenvalue weighted by molar-refractivity contribution is 9.10. The summed E-state index contributed by atoms with van der Waals surface area (Å²) in [5.41, 5.74) is 2.00. The van der Waals surface area contributed by atoms with E-state index in [0.29, 0.717) is 6.04 Å². The maximum Gasteiger partial charge on any atom is 0.161 e. The van der Waals surface area contributed by atoms with Crippen molar-refractivity contribution >= 4 is 21.6 Å². The zero-order valence-electron chi connectivity index (χ0n) is 8.15. The van der Waals surface area contributed by atoms with Crippen molar-refractivity contribution in [2.24, 2.45) is 0 Å². The van der Waals surface area contributed by atoms with Crippen LogP contribution in [-0.4, -0.2) is 20.9 Å². The number of halogens is 1. The molecule has 2 aromatic heterocycles. The highest BCUT2D eigenvalue weighted by atomic mass is 79.9. The fourth-order valence-electron chi connectivity index (χ4n) is 2.07. The number of imidazole rings is 1. The minimum atomic E-state index is 0.364. The Morgan fingerprint density at radius 1 is 1.47 bits per heavy atom. The quantitative estimate of drug-likeness (QED) is 0.858. The Labute approximate surface area is 95.9 Å². The number of aromatic nitrogens is 3. The number of rotatable bonds is 1. The van der Waals surface area contributed by atoms with Crippen molar-refractivity contribution in [1.29, 1.82) is 0 Å². The molecule has 78 valence electrons. The Bertz CT molecular complexity index is 487. The van der Waals surface area contributed by atoms with E-state index < -0.39 is 0 Å². The molecule has 1 saturated heterocycles. The van der Waals surface area contributed by atoms with Gasteiger partial charge < -0.3 is 5.32 Å². The van der Waals surface area contributed by atoms with Gasteiger partial charge >= 0.3 is 0 Å². The van der Waals surface area contributed by atoms with Crippen LogP contribution in [0.5, 0.6) is 0 Å². The highest BCUT2D eigenvalue weighted by Crippen LogP contribution is 2.25. The van der Waals surface area contributed by atoms with Crippen LogP contribution < -0.4 is 5.32 Å². The van der Waals surface area contributed by atoms with E-state index in [1.54, 1.807) is 0 Å². The van der Waals surface area contributed by atoms with Crippen LogP contribution in [0.2, 0.25) is 0 Å². The zero-order chi connectivity index (χ0) is 10.3. The predicted molar refractivity (Wildman–Crippen MR) is 60.7 cm³/mol. The molecule has 15 heavy (non-hydrogen) atoms. The fourth-order valence-corrected chi connectivity index (χ4v) is 2.46. The summed E-state index contributed by atoms with van der Waals surface area (Å²) in [6, 6.07) is 0.364. The summed E-state index contributed by atoms with van der Waals surface area (Å²) in [6.45, 7) is 1.08. The molecule has 1 aliphatic rings. The molecule has 0 amide bonds. The van der Waals surface area contributed by atoms with Crippen molar-refractivity contribution in [2.45, 2.75) is 18.9 Å². The molecule has 1 N–H and O–H groups in total. The van der Waals surface area contributed by atoms with Gasteiger partial charge in [-0.1, -0.05) is 0 Å². The summed E-state index contributed by atoms with van der Waals surface area (Å²) >= 11 is 3.46. The minimum absolute atomic E-state index is 0.364. The van der Waals surface area contributed by atoms with Crippen LogP contribution in [0.1, 0.15) is 24.6 Å². The van der Waals surface area contributed by atoms with E-state index in [1.165, 1.54) is 6.42 Å². The SMILES string of the molecule is Brc1cnc2c(C3CCCN3)nccn12. The van der Waals surface area contributed by atoms with Gasteiger partial charge in [0.1, 0.15) is 10.3 Å². The first kappa shape index (κ1) is 9.30. The molecule has 0 aliphatic carbocycles. The van der Waals surface area contributed by atoms with Gasteiger partial charge in [0.05, 0.1) is 12.2 Å². The Balaban J connectivity index is 2.17. The molecule has 0 aromatic carbocycles. The van der Waals surface area contributed by atoms with E-state index >= 15 is 0 Å². The van der Waals surface area contributed by atoms with E-state index in [1.807, 2.05) is 23.0 Å². The second-order valence-electron chi connectivity index (χ2n) is 3.74. The summed E-state index contributed by atoms with van der Waals surface area (Å²) in [5.74, 6) is 0. The molecule has 5 heteroatoms. The number of hydrogen-bond acceptors (Lipinski definition) is 3. The van der Waals surface area contributed by atoms with Gasteiger partial charge in [-0.05, 0) is 35.3 Å². The van der Waals surface area contributed by atoms with Crippen molar-refractivity contribution in [3.8, 4) is 0 Å². The van der Waals surface area contributed by atoms with Crippen molar-refractivity contribution in [2.75, 3.05) is 6.54 Å². The predicted octanol–water partition coefficient (Wildman–Crippen LogP) is 1.92. The van der Waals surface area contributed by atoms with Gasteiger partial charge in [0, 0.05) is 12.4 Å². The Kier molecular flexibility index (Phi) is 2.21. The third-order valence-corrected chi connectivity index (χ3v) is 3.39. The van der Waals surface area contributed by atoms with Gasteiger partial charge in [0.15, 0.2) is 5.65 Å². The summed E-state index contributed by atoms with van der Waals surface area (Å²) < 4.78 is 2.99. The molecule has 1 atom stereocenters. The van der Waals surface area contributed by atoms with E-state index in [4.69, 9.17) is 0 Å². The highest BCUT2D eigenvalue weighted by Gasteiger charge is 2.21. The van der Waals surface area contributed by atoms with Crippen molar-refractivity contribution < 1.29 is 0 Å². The molecule has 0 bridgehead atoms. The van der Waals surface area contributed by atoms with E-state index in [9.17, 15) is 0 Å². The monoisotopic (exact) mass is 266 g/mol. The molecule has 3 rings (SSSR count). The molecule has 1 fully saturated rings. The van der Waals surface area contributed by atoms with Gasteiger partial charge in [0.25, 0.3) is 0 Å². The zero-order valence-corrected chi connectivity index (χ0v) is 9.74. The lowest BCUT2D eigenvalue weighted by molar-refractivity contribution is 0.628. The van der Waals surface area contributed by atoms with Crippen LogP contribution in [0.3, 0.4) is 0 Å². The van der Waals surface area contributed by atoms with Crippen LogP contribution in [0.25, 0.3) is 5.65 Å². The third-order valence-electron chi connectivity index (χ3n) is 2.80. The fraction of sp³-hybridized carbons (Fsp3) is 0.400. The van der Waals surface area contributed by atoms with Crippen molar-refractivity contribution in [3.05, 3.63) is 28.9 Å². The number of hydrogen-bond donors (Lipinski definition) is 1. The first-order chi connectivity index (χ1) is 7.36. The van der Waals surface area contributed by atoms with Crippen molar-refractivity contribution in [3.63, 3.8) is 0 Å². The molecule has 3 heterocycles. The number of nitrogens with one attached hydrogen (secondary N) is 1. The van der Waals surface area contributed by atoms with E-state index in [2.05, 4.69) is 31.2 Å². The van der Waals surface area contributed by atoms with Crippen LogP contribution in [0.4, 0.5) is 0 Å². The first-order valence-electron chi connectivity index (χ1n) is 5.07. The molecular formula is C10H11BrN4. The van der Waals surface area contributed by atoms with E-state index in [-0.39, 0.29) is 0 Å². The van der Waals surface area contributed by atoms with Crippen LogP contribution in [0, 0.1) is 0 Å². The summed E-state index contributed by atoms with van der Waals surface area (Å²) in [5, 5.41) is 3.44. The van der Waals surface area contributed by atoms with Crippen molar-refractivity contribution in [1.82, 2.24) is 19.7 Å². The number of fused-ring (bicyclic) bond motifs is 1. The number of nitrogens with zero attached hydrogens (tertiary/aromatic N) is 3. The third kappa shape index (κ3) is 1.46. The maximum absolute atomic E-state index is 4.44. The summed E-state index contributed by atoms with van der Waals surface area (Å²) in [4.78, 5) is 8.81. The topological polar surface area (TPSA) is 42.2 Å². The van der Waals surface area contributed by atoms with Gasteiger partial charge in [-0.2, -0.15) is 0 Å². The van der Waals surface area contributed by atoms with Crippen LogP contribution in [-0.2, 0) is 0 Å². The smallest absolute Gasteiger partial charge is 0.161 e. The van der Waals surface area contributed by atoms with Crippen LogP contribution in [0.15, 0.2) is 23.2 Å². The van der Waals surface area contributed by atoms with Gasteiger partial charge in [-0.3, -0.25) is 9.38 Å². The lowest BCUT2D eigenvalue weighted by Crippen LogP contribution is -2.15. The minimum Gasteiger partial charge on any atom is -0.309 e. The molecule has 0 spiro atoms. The molecule has 2 aromatic rings. The first-order valence-corrected chi connectivity index (χ1v) is 5.86. The average molecular weight is 267 g/mol. The normalized spacial score (nSPS) is 21.3. The summed E-state index contributed by atoms with van der Waals surface area (Å²) in [7, 11) is 0. The Hall–Kier alpha value is -0.940. The Morgan fingerprint density at radius 2 is 2.40 bits per heavy atom. The average Bonchev–Trinajstić information content (AvgIpc) is 2.88. The van der Waals surface area contributed by atoms with Crippen LogP contribution >= 0.6 is 15.9 Å². The van der Waals surface area contributed by atoms with Gasteiger partial charge in [0.2, 0.25) is 0 Å². The molecule has 0 saturated carbocycles. The van der Waals surface area contributed by atoms with Gasteiger partial charge in [-0.25, -0.2) is 4.98 Å². The maximum atomic E-state index is 4.44. The standard InChI is InChI=1S/C10H11BrN4/c11-8-6-14-10-9(7-2-1-3-12-7)13-4-5-15(8)10/h4-7,12H,1-3H2. The summed E-state index contributed by atoms with van der Waals surface area (Å²) in [6.07, 6.45) is 7.93.